The first-order valence-corrected chi connectivity index (χ1v) is 6.76. The van der Waals surface area contributed by atoms with Crippen molar-refractivity contribution in [3.05, 3.63) is 12.7 Å². The van der Waals surface area contributed by atoms with Gasteiger partial charge in [0.15, 0.2) is 11.3 Å². The summed E-state index contributed by atoms with van der Waals surface area (Å²) in [5.41, 5.74) is -1.08. The Morgan fingerprint density at radius 2 is 2.33 bits per heavy atom. The molecule has 100 valence electrons. The van der Waals surface area contributed by atoms with Gasteiger partial charge in [-0.05, 0) is 32.7 Å². The van der Waals surface area contributed by atoms with E-state index in [2.05, 4.69) is 6.58 Å². The van der Waals surface area contributed by atoms with Gasteiger partial charge in [0.05, 0.1) is 6.61 Å². The second kappa shape index (κ2) is 5.22. The molecule has 2 atom stereocenters. The first-order valence-electron chi connectivity index (χ1n) is 6.76. The zero-order chi connectivity index (χ0) is 13.2. The van der Waals surface area contributed by atoms with Gasteiger partial charge in [0.1, 0.15) is 0 Å². The molecule has 0 radical (unpaired) electrons. The van der Waals surface area contributed by atoms with Crippen molar-refractivity contribution in [2.24, 2.45) is 5.92 Å². The van der Waals surface area contributed by atoms with E-state index in [1.165, 1.54) is 0 Å². The van der Waals surface area contributed by atoms with Gasteiger partial charge in [-0.15, -0.1) is 6.58 Å². The predicted molar refractivity (Wildman–Crippen MR) is 68.1 cm³/mol. The van der Waals surface area contributed by atoms with Gasteiger partial charge in [0.25, 0.3) is 0 Å². The monoisotopic (exact) mass is 251 g/mol. The number of hydrogen-bond donors (Lipinski definition) is 0. The number of esters is 1. The van der Waals surface area contributed by atoms with E-state index in [1.54, 1.807) is 13.0 Å². The third-order valence-electron chi connectivity index (χ3n) is 4.12. The lowest BCUT2D eigenvalue weighted by molar-refractivity contribution is -0.162. The van der Waals surface area contributed by atoms with Crippen LogP contribution in [0.25, 0.3) is 0 Å². The minimum atomic E-state index is -1.08. The van der Waals surface area contributed by atoms with Crippen LogP contribution in [0.4, 0.5) is 0 Å². The molecule has 0 aliphatic carbocycles. The number of hydrogen-bond acceptors (Lipinski definition) is 4. The van der Waals surface area contributed by atoms with Gasteiger partial charge < -0.3 is 4.74 Å². The summed E-state index contributed by atoms with van der Waals surface area (Å²) in [6.07, 6.45) is 4.87. The topological polar surface area (TPSA) is 46.6 Å². The number of ether oxygens (including phenoxy) is 1. The highest BCUT2D eigenvalue weighted by atomic mass is 16.5. The van der Waals surface area contributed by atoms with E-state index in [1.807, 2.05) is 4.90 Å². The number of rotatable bonds is 3. The summed E-state index contributed by atoms with van der Waals surface area (Å²) < 4.78 is 5.19. The molecule has 0 aromatic heterocycles. The highest BCUT2D eigenvalue weighted by molar-refractivity contribution is 6.09. The molecular weight excluding hydrogens is 230 g/mol. The Bertz CT molecular complexity index is 366. The smallest absolute Gasteiger partial charge is 0.334 e. The number of Topliss-reactive ketones (excluding diaryl/α,β-unsaturated/α-hetero) is 1. The molecule has 2 fully saturated rings. The zero-order valence-corrected chi connectivity index (χ0v) is 11.0. The van der Waals surface area contributed by atoms with Crippen LogP contribution in [-0.4, -0.2) is 41.9 Å². The number of ketones is 1. The Kier molecular flexibility index (Phi) is 3.85. The van der Waals surface area contributed by atoms with Crippen LogP contribution in [0.3, 0.4) is 0 Å². The van der Waals surface area contributed by atoms with Crippen LogP contribution < -0.4 is 0 Å². The van der Waals surface area contributed by atoms with E-state index in [0.29, 0.717) is 13.0 Å². The van der Waals surface area contributed by atoms with Gasteiger partial charge in [-0.3, -0.25) is 9.69 Å². The molecule has 2 saturated heterocycles. The summed E-state index contributed by atoms with van der Waals surface area (Å²) in [4.78, 5) is 26.9. The van der Waals surface area contributed by atoms with Crippen molar-refractivity contribution in [2.45, 2.75) is 38.1 Å². The Balaban J connectivity index is 2.43. The zero-order valence-electron chi connectivity index (χ0n) is 11.0. The van der Waals surface area contributed by atoms with Crippen molar-refractivity contribution in [3.63, 3.8) is 0 Å². The van der Waals surface area contributed by atoms with E-state index in [-0.39, 0.29) is 17.7 Å². The molecule has 0 saturated carbocycles. The number of fused-ring (bicyclic) bond motifs is 1. The highest BCUT2D eigenvalue weighted by Gasteiger charge is 2.59. The lowest BCUT2D eigenvalue weighted by Crippen LogP contribution is -2.59. The lowest BCUT2D eigenvalue weighted by Gasteiger charge is -2.36. The second-order valence-electron chi connectivity index (χ2n) is 4.99. The fourth-order valence-corrected chi connectivity index (χ4v) is 3.29. The van der Waals surface area contributed by atoms with Crippen molar-refractivity contribution >= 4 is 11.8 Å². The molecule has 2 aliphatic rings. The summed E-state index contributed by atoms with van der Waals surface area (Å²) in [6, 6.07) is 0. The molecule has 0 bridgehead atoms. The third kappa shape index (κ3) is 1.79. The van der Waals surface area contributed by atoms with E-state index < -0.39 is 5.54 Å². The van der Waals surface area contributed by atoms with Gasteiger partial charge in [-0.2, -0.15) is 0 Å². The van der Waals surface area contributed by atoms with Gasteiger partial charge in [0.2, 0.25) is 0 Å². The molecule has 0 aromatic rings. The molecule has 2 rings (SSSR count). The average Bonchev–Trinajstić information content (AvgIpc) is 2.65. The minimum absolute atomic E-state index is 0.0147. The second-order valence-corrected chi connectivity index (χ2v) is 4.99. The van der Waals surface area contributed by atoms with Crippen LogP contribution in [-0.2, 0) is 14.3 Å². The lowest BCUT2D eigenvalue weighted by atomic mass is 9.80. The standard InChI is InChI=1S/C14H21NO3/c1-3-11-8-10-15-9-6-5-7-12(16)14(11,15)13(17)18-4-2/h3,11H,1,4-10H2,2H3. The van der Waals surface area contributed by atoms with Crippen LogP contribution >= 0.6 is 0 Å². The Morgan fingerprint density at radius 1 is 1.56 bits per heavy atom. The molecule has 0 amide bonds. The van der Waals surface area contributed by atoms with Crippen LogP contribution in [0.5, 0.6) is 0 Å². The maximum absolute atomic E-state index is 12.5. The number of nitrogens with zero attached hydrogens (tertiary/aromatic N) is 1. The van der Waals surface area contributed by atoms with Gasteiger partial charge in [-0.1, -0.05) is 6.08 Å². The van der Waals surface area contributed by atoms with Crippen molar-refractivity contribution in [3.8, 4) is 0 Å². The van der Waals surface area contributed by atoms with Crippen LogP contribution in [0, 0.1) is 5.92 Å². The summed E-state index contributed by atoms with van der Waals surface area (Å²) in [5, 5.41) is 0. The van der Waals surface area contributed by atoms with E-state index in [0.717, 1.165) is 32.4 Å². The van der Waals surface area contributed by atoms with Gasteiger partial charge >= 0.3 is 5.97 Å². The van der Waals surface area contributed by atoms with Crippen molar-refractivity contribution in [1.82, 2.24) is 4.90 Å². The highest BCUT2D eigenvalue weighted by Crippen LogP contribution is 2.40. The molecular formula is C14H21NO3. The number of carbonyl (C=O) groups is 2. The average molecular weight is 251 g/mol. The molecule has 0 spiro atoms. The summed E-state index contributed by atoms with van der Waals surface area (Å²) in [7, 11) is 0. The van der Waals surface area contributed by atoms with Crippen LogP contribution in [0.1, 0.15) is 32.6 Å². The molecule has 2 unspecified atom stereocenters. The van der Waals surface area contributed by atoms with Crippen molar-refractivity contribution in [1.29, 1.82) is 0 Å². The fourth-order valence-electron chi connectivity index (χ4n) is 3.29. The first-order chi connectivity index (χ1) is 8.67. The SMILES string of the molecule is C=CC1CCN2CCCCC(=O)C12C(=O)OCC. The van der Waals surface area contributed by atoms with E-state index >= 15 is 0 Å². The Morgan fingerprint density at radius 3 is 3.00 bits per heavy atom. The van der Waals surface area contributed by atoms with Crippen molar-refractivity contribution < 1.29 is 14.3 Å². The van der Waals surface area contributed by atoms with Gasteiger partial charge in [-0.25, -0.2) is 4.79 Å². The summed E-state index contributed by atoms with van der Waals surface area (Å²) in [5.74, 6) is -0.470. The molecule has 2 heterocycles. The molecule has 18 heavy (non-hydrogen) atoms. The maximum atomic E-state index is 12.5. The number of carbonyl (C=O) groups excluding carboxylic acids is 2. The van der Waals surface area contributed by atoms with Crippen LogP contribution in [0.2, 0.25) is 0 Å². The molecule has 4 heteroatoms. The van der Waals surface area contributed by atoms with Crippen molar-refractivity contribution in [2.75, 3.05) is 19.7 Å². The maximum Gasteiger partial charge on any atom is 0.334 e. The van der Waals surface area contributed by atoms with Crippen LogP contribution in [0.15, 0.2) is 12.7 Å². The minimum Gasteiger partial charge on any atom is -0.464 e. The molecule has 4 nitrogen and oxygen atoms in total. The first kappa shape index (κ1) is 13.3. The fraction of sp³-hybridized carbons (Fsp3) is 0.714. The normalized spacial score (nSPS) is 32.7. The quantitative estimate of drug-likeness (QED) is 0.434. The molecule has 0 N–H and O–H groups in total. The largest absolute Gasteiger partial charge is 0.464 e. The Labute approximate surface area is 108 Å². The van der Waals surface area contributed by atoms with E-state index in [4.69, 9.17) is 4.74 Å². The molecule has 2 aliphatic heterocycles. The van der Waals surface area contributed by atoms with Gasteiger partial charge in [0, 0.05) is 18.9 Å². The summed E-state index contributed by atoms with van der Waals surface area (Å²) >= 11 is 0. The van der Waals surface area contributed by atoms with E-state index in [9.17, 15) is 9.59 Å². The predicted octanol–water partition coefficient (Wildman–Crippen LogP) is 1.55. The third-order valence-corrected chi connectivity index (χ3v) is 4.12. The molecule has 0 aromatic carbocycles. The summed E-state index contributed by atoms with van der Waals surface area (Å²) in [6.45, 7) is 7.47. The Hall–Kier alpha value is -1.16.